The molecule has 1 heterocycles. The summed E-state index contributed by atoms with van der Waals surface area (Å²) in [5.74, 6) is -0.0971. The fourth-order valence-electron chi connectivity index (χ4n) is 2.04. The number of hydrogen-bond acceptors (Lipinski definition) is 3. The van der Waals surface area contributed by atoms with Gasteiger partial charge in [-0.1, -0.05) is 13.3 Å². The van der Waals surface area contributed by atoms with Gasteiger partial charge in [0.15, 0.2) is 0 Å². The van der Waals surface area contributed by atoms with E-state index in [2.05, 4.69) is 5.32 Å². The molecule has 0 aromatic carbocycles. The lowest BCUT2D eigenvalue weighted by Crippen LogP contribution is -2.68. The van der Waals surface area contributed by atoms with E-state index in [1.165, 1.54) is 0 Å². The highest BCUT2D eigenvalue weighted by molar-refractivity contribution is 5.99. The van der Waals surface area contributed by atoms with Crippen LogP contribution in [0, 0.1) is 0 Å². The molecule has 5 nitrogen and oxygen atoms in total. The van der Waals surface area contributed by atoms with Crippen molar-refractivity contribution in [2.75, 3.05) is 20.3 Å². The molecule has 1 unspecified atom stereocenters. The smallest absolute Gasteiger partial charge is 0.246 e. The molecule has 1 N–H and O–H groups in total. The topological polar surface area (TPSA) is 58.6 Å². The van der Waals surface area contributed by atoms with Crippen molar-refractivity contribution in [3.8, 4) is 0 Å². The number of ether oxygens (including phenoxy) is 1. The Morgan fingerprint density at radius 1 is 1.41 bits per heavy atom. The molecule has 0 aliphatic carbocycles. The first-order chi connectivity index (χ1) is 7.95. The van der Waals surface area contributed by atoms with Crippen LogP contribution in [0.3, 0.4) is 0 Å². The highest BCUT2D eigenvalue weighted by Crippen LogP contribution is 2.22. The number of methoxy groups -OCH3 is 1. The molecule has 1 saturated heterocycles. The summed E-state index contributed by atoms with van der Waals surface area (Å²) in [5, 5.41) is 2.79. The number of rotatable bonds is 5. The number of carbonyl (C=O) groups is 2. The van der Waals surface area contributed by atoms with Crippen molar-refractivity contribution >= 4 is 11.8 Å². The van der Waals surface area contributed by atoms with Crippen LogP contribution in [0.15, 0.2) is 0 Å². The van der Waals surface area contributed by atoms with Crippen LogP contribution in [-0.2, 0) is 14.3 Å². The lowest BCUT2D eigenvalue weighted by molar-refractivity contribution is -0.156. The third-order valence-corrected chi connectivity index (χ3v) is 3.20. The van der Waals surface area contributed by atoms with Crippen LogP contribution < -0.4 is 5.32 Å². The first kappa shape index (κ1) is 14.0. The number of nitrogens with one attached hydrogen (secondary N) is 1. The van der Waals surface area contributed by atoms with Gasteiger partial charge in [-0.2, -0.15) is 0 Å². The second-order valence-corrected chi connectivity index (χ2v) is 4.86. The molecular weight excluding hydrogens is 220 g/mol. The Morgan fingerprint density at radius 2 is 2.06 bits per heavy atom. The summed E-state index contributed by atoms with van der Waals surface area (Å²) in [6, 6.07) is -0.377. The Labute approximate surface area is 102 Å². The maximum absolute atomic E-state index is 12.2. The SMILES string of the molecule is CCCC1NC(=O)C(C)(C)N(CCOC)C1=O. The Balaban J connectivity index is 2.85. The quantitative estimate of drug-likeness (QED) is 0.765. The zero-order chi connectivity index (χ0) is 13.1. The van der Waals surface area contributed by atoms with E-state index >= 15 is 0 Å². The monoisotopic (exact) mass is 242 g/mol. The van der Waals surface area contributed by atoms with Crippen molar-refractivity contribution in [2.45, 2.75) is 45.2 Å². The van der Waals surface area contributed by atoms with Gasteiger partial charge in [0.25, 0.3) is 0 Å². The van der Waals surface area contributed by atoms with Crippen molar-refractivity contribution in [1.82, 2.24) is 10.2 Å². The molecule has 0 radical (unpaired) electrons. The summed E-state index contributed by atoms with van der Waals surface area (Å²) >= 11 is 0. The van der Waals surface area contributed by atoms with Gasteiger partial charge in [0, 0.05) is 13.7 Å². The maximum atomic E-state index is 12.2. The number of piperazine rings is 1. The Hall–Kier alpha value is -1.10. The fourth-order valence-corrected chi connectivity index (χ4v) is 2.04. The van der Waals surface area contributed by atoms with Crippen LogP contribution in [0.2, 0.25) is 0 Å². The molecule has 0 aromatic heterocycles. The van der Waals surface area contributed by atoms with Crippen LogP contribution in [0.5, 0.6) is 0 Å². The summed E-state index contributed by atoms with van der Waals surface area (Å²) in [6.45, 7) is 6.42. The minimum atomic E-state index is -0.792. The summed E-state index contributed by atoms with van der Waals surface area (Å²) in [5.41, 5.74) is -0.792. The number of carbonyl (C=O) groups excluding carboxylic acids is 2. The van der Waals surface area contributed by atoms with E-state index in [4.69, 9.17) is 4.74 Å². The molecule has 1 atom stereocenters. The molecule has 1 fully saturated rings. The van der Waals surface area contributed by atoms with Crippen molar-refractivity contribution in [1.29, 1.82) is 0 Å². The van der Waals surface area contributed by atoms with Gasteiger partial charge < -0.3 is 15.0 Å². The molecule has 0 saturated carbocycles. The lowest BCUT2D eigenvalue weighted by atomic mass is 9.94. The van der Waals surface area contributed by atoms with Crippen molar-refractivity contribution in [3.05, 3.63) is 0 Å². The Kier molecular flexibility index (Phi) is 4.51. The van der Waals surface area contributed by atoms with Gasteiger partial charge in [0.1, 0.15) is 11.6 Å². The predicted octanol–water partition coefficient (Wildman–Crippen LogP) is 0.539. The third-order valence-electron chi connectivity index (χ3n) is 3.20. The number of amides is 2. The molecule has 1 aliphatic heterocycles. The molecule has 0 spiro atoms. The van der Waals surface area contributed by atoms with E-state index < -0.39 is 5.54 Å². The minimum absolute atomic E-state index is 0.00602. The van der Waals surface area contributed by atoms with Crippen LogP contribution in [0.1, 0.15) is 33.6 Å². The van der Waals surface area contributed by atoms with Crippen LogP contribution >= 0.6 is 0 Å². The largest absolute Gasteiger partial charge is 0.383 e. The summed E-state index contributed by atoms with van der Waals surface area (Å²) < 4.78 is 4.99. The predicted molar refractivity (Wildman–Crippen MR) is 64.5 cm³/mol. The second kappa shape index (κ2) is 5.49. The highest BCUT2D eigenvalue weighted by Gasteiger charge is 2.45. The average molecular weight is 242 g/mol. The van der Waals surface area contributed by atoms with E-state index in [0.29, 0.717) is 19.6 Å². The lowest BCUT2D eigenvalue weighted by Gasteiger charge is -2.44. The summed E-state index contributed by atoms with van der Waals surface area (Å²) in [6.07, 6.45) is 1.55. The van der Waals surface area contributed by atoms with Crippen LogP contribution in [0.25, 0.3) is 0 Å². The molecule has 0 bridgehead atoms. The van der Waals surface area contributed by atoms with Crippen LogP contribution in [0.4, 0.5) is 0 Å². The standard InChI is InChI=1S/C12H22N2O3/c1-5-6-9-10(15)14(7-8-17-4)12(2,3)11(16)13-9/h9H,5-8H2,1-4H3,(H,13,16). The summed E-state index contributed by atoms with van der Waals surface area (Å²) in [7, 11) is 1.59. The van der Waals surface area contributed by atoms with Crippen LogP contribution in [-0.4, -0.2) is 48.6 Å². The van der Waals surface area contributed by atoms with E-state index in [1.807, 2.05) is 6.92 Å². The van der Waals surface area contributed by atoms with E-state index in [1.54, 1.807) is 25.9 Å². The molecule has 2 amide bonds. The van der Waals surface area contributed by atoms with Gasteiger partial charge in [-0.25, -0.2) is 0 Å². The Bertz CT molecular complexity index is 302. The first-order valence-corrected chi connectivity index (χ1v) is 6.06. The summed E-state index contributed by atoms with van der Waals surface area (Å²) in [4.78, 5) is 25.8. The average Bonchev–Trinajstić information content (AvgIpc) is 2.26. The van der Waals surface area contributed by atoms with E-state index in [0.717, 1.165) is 6.42 Å². The van der Waals surface area contributed by atoms with Crippen molar-refractivity contribution < 1.29 is 14.3 Å². The molecule has 1 rings (SSSR count). The molecule has 1 aliphatic rings. The van der Waals surface area contributed by atoms with Crippen molar-refractivity contribution in [3.63, 3.8) is 0 Å². The van der Waals surface area contributed by atoms with Gasteiger partial charge in [0.05, 0.1) is 6.61 Å². The first-order valence-electron chi connectivity index (χ1n) is 6.06. The Morgan fingerprint density at radius 3 is 2.59 bits per heavy atom. The molecule has 5 heteroatoms. The molecule has 0 aromatic rings. The van der Waals surface area contributed by atoms with Gasteiger partial charge in [-0.15, -0.1) is 0 Å². The zero-order valence-electron chi connectivity index (χ0n) is 11.1. The van der Waals surface area contributed by atoms with Gasteiger partial charge in [0.2, 0.25) is 11.8 Å². The zero-order valence-corrected chi connectivity index (χ0v) is 11.1. The molecule has 98 valence electrons. The number of hydrogen-bond donors (Lipinski definition) is 1. The highest BCUT2D eigenvalue weighted by atomic mass is 16.5. The second-order valence-electron chi connectivity index (χ2n) is 4.86. The molecular formula is C12H22N2O3. The van der Waals surface area contributed by atoms with Crippen molar-refractivity contribution in [2.24, 2.45) is 0 Å². The normalized spacial score (nSPS) is 23.8. The van der Waals surface area contributed by atoms with Gasteiger partial charge >= 0.3 is 0 Å². The third kappa shape index (κ3) is 2.77. The maximum Gasteiger partial charge on any atom is 0.246 e. The minimum Gasteiger partial charge on any atom is -0.383 e. The fraction of sp³-hybridized carbons (Fsp3) is 0.833. The number of nitrogens with zero attached hydrogens (tertiary/aromatic N) is 1. The van der Waals surface area contributed by atoms with Gasteiger partial charge in [-0.3, -0.25) is 9.59 Å². The van der Waals surface area contributed by atoms with Gasteiger partial charge in [-0.05, 0) is 20.3 Å². The van der Waals surface area contributed by atoms with E-state index in [9.17, 15) is 9.59 Å². The molecule has 17 heavy (non-hydrogen) atoms. The van der Waals surface area contributed by atoms with E-state index in [-0.39, 0.29) is 17.9 Å².